The van der Waals surface area contributed by atoms with E-state index >= 15 is 0 Å². The number of unbranched alkanes of at least 4 members (excludes halogenated alkanes) is 1. The average molecular weight is 576 g/mol. The van der Waals surface area contributed by atoms with Crippen LogP contribution < -0.4 is 14.2 Å². The summed E-state index contributed by atoms with van der Waals surface area (Å²) in [7, 11) is 1.58. The number of esters is 1. The predicted molar refractivity (Wildman–Crippen MR) is 159 cm³/mol. The lowest BCUT2D eigenvalue weighted by molar-refractivity contribution is -0.147. The van der Waals surface area contributed by atoms with Crippen molar-refractivity contribution in [2.45, 2.75) is 71.8 Å². The first-order valence-corrected chi connectivity index (χ1v) is 14.6. The Morgan fingerprint density at radius 3 is 2.52 bits per heavy atom. The van der Waals surface area contributed by atoms with Gasteiger partial charge < -0.3 is 24.1 Å². The maximum atomic E-state index is 14.4. The molecule has 1 N–H and O–H groups in total. The summed E-state index contributed by atoms with van der Waals surface area (Å²) in [5.74, 6) is 0.663. The number of nitrogens with zero attached hydrogens (tertiary/aromatic N) is 1. The average Bonchev–Trinajstić information content (AvgIpc) is 3.46. The number of aryl methyl sites for hydroxylation is 1. The fourth-order valence-electron chi connectivity index (χ4n) is 5.14. The summed E-state index contributed by atoms with van der Waals surface area (Å²) in [5.41, 5.74) is 3.81. The van der Waals surface area contributed by atoms with Crippen molar-refractivity contribution in [3.05, 3.63) is 82.2 Å². The first-order valence-electron chi connectivity index (χ1n) is 14.6. The van der Waals surface area contributed by atoms with E-state index in [-0.39, 0.29) is 43.6 Å². The molecule has 4 rings (SSSR count). The molecule has 0 aliphatic carbocycles. The Balaban J connectivity index is 1.86. The summed E-state index contributed by atoms with van der Waals surface area (Å²) in [6.07, 6.45) is 2.90. The number of hydrogen-bond acceptors (Lipinski definition) is 8. The molecule has 8 heteroatoms. The lowest BCUT2D eigenvalue weighted by Crippen LogP contribution is -2.20. The van der Waals surface area contributed by atoms with Crippen molar-refractivity contribution < 1.29 is 33.6 Å². The third-order valence-electron chi connectivity index (χ3n) is 7.34. The number of aromatic nitrogens is 1. The van der Waals surface area contributed by atoms with E-state index < -0.39 is 5.92 Å². The number of methoxy groups -OCH3 is 1. The zero-order chi connectivity index (χ0) is 30.2. The van der Waals surface area contributed by atoms with Gasteiger partial charge in [0, 0.05) is 23.8 Å². The summed E-state index contributed by atoms with van der Waals surface area (Å²) in [6.45, 7) is 7.78. The van der Waals surface area contributed by atoms with Crippen LogP contribution in [0.3, 0.4) is 0 Å². The van der Waals surface area contributed by atoms with E-state index in [1.807, 2.05) is 57.2 Å². The topological polar surface area (TPSA) is 104 Å². The Morgan fingerprint density at radius 1 is 1.02 bits per heavy atom. The minimum absolute atomic E-state index is 0.00893. The number of aliphatic hydroxyl groups excluding tert-OH is 1. The fourth-order valence-corrected chi connectivity index (χ4v) is 5.14. The molecule has 2 aromatic carbocycles. The molecule has 8 nitrogen and oxygen atoms in total. The van der Waals surface area contributed by atoms with Crippen LogP contribution in [-0.4, -0.2) is 48.5 Å². The molecule has 0 amide bonds. The van der Waals surface area contributed by atoms with Crippen molar-refractivity contribution in [3.8, 4) is 17.2 Å². The minimum Gasteiger partial charge on any atom is -0.497 e. The van der Waals surface area contributed by atoms with Gasteiger partial charge in [0.15, 0.2) is 11.5 Å². The Morgan fingerprint density at radius 2 is 1.81 bits per heavy atom. The molecule has 42 heavy (non-hydrogen) atoms. The van der Waals surface area contributed by atoms with Crippen LogP contribution in [-0.2, 0) is 22.4 Å². The molecule has 3 aromatic rings. The summed E-state index contributed by atoms with van der Waals surface area (Å²) < 4.78 is 22.1. The third-order valence-corrected chi connectivity index (χ3v) is 7.34. The van der Waals surface area contributed by atoms with Gasteiger partial charge >= 0.3 is 5.97 Å². The standard InChI is InChI=1S/C34H41NO7/c1-6-7-8-25-10-12-28(29(18-32(37)42-21(2)3)23-9-14-30-31(17-23)41-20-40-30)33(35-25)34(38)27-13-11-26(39-5)16-24(27)15-22(4)19-36/h9-14,16-17,21-22,29,36H,6-8,15,18-20H2,1-5H3/t22-,29?/m0/s1. The summed E-state index contributed by atoms with van der Waals surface area (Å²) in [4.78, 5) is 32.4. The molecule has 0 saturated heterocycles. The molecule has 0 bridgehead atoms. The highest BCUT2D eigenvalue weighted by molar-refractivity contribution is 6.10. The van der Waals surface area contributed by atoms with Crippen LogP contribution in [0, 0.1) is 5.92 Å². The monoisotopic (exact) mass is 575 g/mol. The van der Waals surface area contributed by atoms with Crippen LogP contribution in [0.1, 0.15) is 91.3 Å². The minimum atomic E-state index is -0.518. The molecule has 0 fully saturated rings. The Labute approximate surface area is 248 Å². The van der Waals surface area contributed by atoms with E-state index in [1.54, 1.807) is 19.2 Å². The summed E-state index contributed by atoms with van der Waals surface area (Å²) >= 11 is 0. The van der Waals surface area contributed by atoms with Gasteiger partial charge in [0.25, 0.3) is 0 Å². The quantitative estimate of drug-likeness (QED) is 0.183. The number of carbonyl (C=O) groups excluding carboxylic acids is 2. The second kappa shape index (κ2) is 14.3. The van der Waals surface area contributed by atoms with Gasteiger partial charge in [0.2, 0.25) is 12.6 Å². The largest absolute Gasteiger partial charge is 0.497 e. The van der Waals surface area contributed by atoms with Crippen molar-refractivity contribution in [1.82, 2.24) is 4.98 Å². The summed E-state index contributed by atoms with van der Waals surface area (Å²) in [6, 6.07) is 14.8. The highest BCUT2D eigenvalue weighted by atomic mass is 16.7. The van der Waals surface area contributed by atoms with Crippen LogP contribution >= 0.6 is 0 Å². The van der Waals surface area contributed by atoms with Gasteiger partial charge in [-0.3, -0.25) is 9.59 Å². The van der Waals surface area contributed by atoms with Crippen molar-refractivity contribution >= 4 is 11.8 Å². The molecule has 1 unspecified atom stereocenters. The predicted octanol–water partition coefficient (Wildman–Crippen LogP) is 6.04. The van der Waals surface area contributed by atoms with E-state index in [4.69, 9.17) is 23.9 Å². The molecule has 2 heterocycles. The molecule has 2 atom stereocenters. The number of hydrogen-bond donors (Lipinski definition) is 1. The van der Waals surface area contributed by atoms with Gasteiger partial charge in [0.05, 0.1) is 19.6 Å². The molecule has 1 aliphatic heterocycles. The molecule has 0 spiro atoms. The van der Waals surface area contributed by atoms with E-state index in [9.17, 15) is 14.7 Å². The molecule has 1 aliphatic rings. The maximum absolute atomic E-state index is 14.4. The number of aliphatic hydroxyl groups is 1. The Bertz CT molecular complexity index is 1400. The molecular weight excluding hydrogens is 534 g/mol. The summed E-state index contributed by atoms with van der Waals surface area (Å²) in [5, 5.41) is 9.75. The Kier molecular flexibility index (Phi) is 10.6. The molecule has 0 saturated carbocycles. The second-order valence-electron chi connectivity index (χ2n) is 11.1. The van der Waals surface area contributed by atoms with Crippen molar-refractivity contribution in [2.75, 3.05) is 20.5 Å². The smallest absolute Gasteiger partial charge is 0.307 e. The first kappa shape index (κ1) is 31.0. The third kappa shape index (κ3) is 7.48. The molecular formula is C34H41NO7. The number of fused-ring (bicyclic) bond motifs is 1. The SMILES string of the molecule is CCCCc1ccc(C(CC(=O)OC(C)C)c2ccc3c(c2)OCO3)c(C(=O)c2ccc(OC)cc2C[C@H](C)CO)n1. The van der Waals surface area contributed by atoms with Crippen LogP contribution in [0.25, 0.3) is 0 Å². The second-order valence-corrected chi connectivity index (χ2v) is 11.1. The van der Waals surface area contributed by atoms with Crippen LogP contribution in [0.5, 0.6) is 17.2 Å². The number of benzene rings is 2. The fraction of sp³-hybridized carbons (Fsp3) is 0.441. The van der Waals surface area contributed by atoms with E-state index in [1.165, 1.54) is 0 Å². The zero-order valence-corrected chi connectivity index (χ0v) is 25.1. The number of pyridine rings is 1. The van der Waals surface area contributed by atoms with Crippen LogP contribution in [0.4, 0.5) is 0 Å². The zero-order valence-electron chi connectivity index (χ0n) is 25.1. The molecule has 1 aromatic heterocycles. The maximum Gasteiger partial charge on any atom is 0.307 e. The number of ether oxygens (including phenoxy) is 4. The van der Waals surface area contributed by atoms with Gasteiger partial charge in [0.1, 0.15) is 11.4 Å². The first-order chi connectivity index (χ1) is 20.2. The van der Waals surface area contributed by atoms with Crippen molar-refractivity contribution in [3.63, 3.8) is 0 Å². The molecule has 224 valence electrons. The van der Waals surface area contributed by atoms with Gasteiger partial charge in [-0.15, -0.1) is 0 Å². The van der Waals surface area contributed by atoms with E-state index in [0.29, 0.717) is 40.5 Å². The number of ketones is 1. The van der Waals surface area contributed by atoms with E-state index in [0.717, 1.165) is 36.1 Å². The normalized spacial score (nSPS) is 13.6. The van der Waals surface area contributed by atoms with Gasteiger partial charge in [-0.1, -0.05) is 32.4 Å². The van der Waals surface area contributed by atoms with Crippen LogP contribution in [0.2, 0.25) is 0 Å². The number of rotatable bonds is 14. The highest BCUT2D eigenvalue weighted by Crippen LogP contribution is 2.39. The van der Waals surface area contributed by atoms with E-state index in [2.05, 4.69) is 6.92 Å². The van der Waals surface area contributed by atoms with Crippen molar-refractivity contribution in [2.24, 2.45) is 5.92 Å². The van der Waals surface area contributed by atoms with Gasteiger partial charge in [-0.25, -0.2) is 4.98 Å². The van der Waals surface area contributed by atoms with Gasteiger partial charge in [-0.05, 0) is 92.1 Å². The molecule has 0 radical (unpaired) electrons. The lowest BCUT2D eigenvalue weighted by Gasteiger charge is -2.22. The van der Waals surface area contributed by atoms with Gasteiger partial charge in [-0.2, -0.15) is 0 Å². The highest BCUT2D eigenvalue weighted by Gasteiger charge is 2.29. The van der Waals surface area contributed by atoms with Crippen molar-refractivity contribution in [1.29, 1.82) is 0 Å². The van der Waals surface area contributed by atoms with Crippen LogP contribution in [0.15, 0.2) is 48.5 Å². The lowest BCUT2D eigenvalue weighted by atomic mass is 9.84. The Hall–Kier alpha value is -3.91. The number of carbonyl (C=O) groups is 2.